The molecule has 62 heavy (non-hydrogen) atoms. The molecule has 12 N–H and O–H groups in total. The van der Waals surface area contributed by atoms with E-state index in [4.69, 9.17) is 16.6 Å². The summed E-state index contributed by atoms with van der Waals surface area (Å²) in [4.78, 5) is 90.5. The first-order valence-electron chi connectivity index (χ1n) is 22.0. The summed E-state index contributed by atoms with van der Waals surface area (Å²) in [5.74, 6) is -5.05. The quantitative estimate of drug-likeness (QED) is 0.0676. The second-order valence-electron chi connectivity index (χ2n) is 16.7. The van der Waals surface area contributed by atoms with Crippen LogP contribution in [-0.4, -0.2) is 108 Å². The van der Waals surface area contributed by atoms with Gasteiger partial charge in [-0.05, 0) is 75.6 Å². The summed E-state index contributed by atoms with van der Waals surface area (Å²) >= 11 is 0. The monoisotopic (exact) mass is 862 g/mol. The Kier molecular flexibility index (Phi) is 20.8. The zero-order chi connectivity index (χ0) is 44.9. The number of rotatable bonds is 25. The van der Waals surface area contributed by atoms with Gasteiger partial charge in [-0.3, -0.25) is 33.6 Å². The predicted molar refractivity (Wildman–Crippen MR) is 232 cm³/mol. The fourth-order valence-electron chi connectivity index (χ4n) is 8.38. The average Bonchev–Trinajstić information content (AvgIpc) is 3.22. The second kappa shape index (κ2) is 26.2. The van der Waals surface area contributed by atoms with Crippen molar-refractivity contribution in [2.24, 2.45) is 23.3 Å². The Bertz CT molecular complexity index is 1770. The van der Waals surface area contributed by atoms with Crippen LogP contribution in [-0.2, 0) is 46.4 Å². The van der Waals surface area contributed by atoms with Gasteiger partial charge in [-0.1, -0.05) is 73.5 Å². The van der Waals surface area contributed by atoms with Crippen LogP contribution in [0, 0.1) is 11.8 Å². The molecule has 2 aromatic carbocycles. The number of hydrogen-bond acceptors (Lipinski definition) is 10. The number of nitrogens with two attached hydrogens (primary N) is 2. The van der Waals surface area contributed by atoms with Crippen LogP contribution in [0.25, 0.3) is 0 Å². The largest absolute Gasteiger partial charge is 0.481 e. The van der Waals surface area contributed by atoms with Crippen LogP contribution in [0.5, 0.6) is 0 Å². The Labute approximate surface area is 363 Å². The number of carboxylic acids is 2. The van der Waals surface area contributed by atoms with Gasteiger partial charge < -0.3 is 53.6 Å². The lowest BCUT2D eigenvalue weighted by Gasteiger charge is -2.33. The maximum absolute atomic E-state index is 14.0. The third-order valence-corrected chi connectivity index (χ3v) is 11.6. The predicted octanol–water partition coefficient (Wildman–Crippen LogP) is 1.27. The summed E-state index contributed by atoms with van der Waals surface area (Å²) in [6.07, 6.45) is 3.89. The van der Waals surface area contributed by atoms with Gasteiger partial charge in [0.05, 0.1) is 18.3 Å². The molecule has 17 heteroatoms. The van der Waals surface area contributed by atoms with Gasteiger partial charge in [0.1, 0.15) is 0 Å². The lowest BCUT2D eigenvalue weighted by atomic mass is 9.83. The van der Waals surface area contributed by atoms with E-state index in [1.165, 1.54) is 0 Å². The number of amides is 5. The number of carboxylic acid groups (broad SMARTS) is 2. The molecule has 340 valence electrons. The molecular weight excluding hydrogens is 797 g/mol. The van der Waals surface area contributed by atoms with Crippen molar-refractivity contribution >= 4 is 41.5 Å². The molecule has 1 aliphatic carbocycles. The molecule has 0 unspecified atom stereocenters. The zero-order valence-electron chi connectivity index (χ0n) is 35.5. The molecule has 1 saturated heterocycles. The fraction of sp³-hybridized carbons (Fsp3) is 0.578. The van der Waals surface area contributed by atoms with Gasteiger partial charge in [0.25, 0.3) is 0 Å². The minimum Gasteiger partial charge on any atom is -0.481 e. The molecule has 8 atom stereocenters. The first-order valence-corrected chi connectivity index (χ1v) is 22.0. The number of aliphatic carboxylic acids is 2. The topological polar surface area (TPSA) is 284 Å². The summed E-state index contributed by atoms with van der Waals surface area (Å²) in [7, 11) is 0. The molecule has 0 radical (unpaired) electrons. The number of benzene rings is 2. The Morgan fingerprint density at radius 1 is 0.629 bits per heavy atom. The Morgan fingerprint density at radius 3 is 1.69 bits per heavy atom. The van der Waals surface area contributed by atoms with E-state index in [2.05, 4.69) is 31.9 Å². The first kappa shape index (κ1) is 49.3. The van der Waals surface area contributed by atoms with E-state index in [1.807, 2.05) is 60.7 Å². The average molecular weight is 863 g/mol. The molecular formula is C45H66N8O9. The Morgan fingerprint density at radius 2 is 1.16 bits per heavy atom. The highest BCUT2D eigenvalue weighted by atomic mass is 16.4. The minimum absolute atomic E-state index is 0.0215. The fourth-order valence-corrected chi connectivity index (χ4v) is 8.38. The van der Waals surface area contributed by atoms with E-state index in [0.717, 1.165) is 30.5 Å². The van der Waals surface area contributed by atoms with Crippen molar-refractivity contribution in [3.8, 4) is 0 Å². The molecule has 0 spiro atoms. The SMILES string of the molecule is NCCC[C@@H](CC(=O)N[C@@H]1CCCC[C@H]1C(=O)N[C@H](CC(=O)N[C@@H](CCC(=O)O)CC(=O)O)Cc1ccccc1)NC(=O)C[C@H](Cc1ccccc1)NC(=O)[C@@H]1CNCC[C@H]1N. The molecule has 2 aromatic rings. The van der Waals surface area contributed by atoms with Gasteiger partial charge in [0.2, 0.25) is 29.5 Å². The molecule has 1 heterocycles. The van der Waals surface area contributed by atoms with Gasteiger partial charge in [-0.2, -0.15) is 0 Å². The summed E-state index contributed by atoms with van der Waals surface area (Å²) in [6.45, 7) is 1.55. The molecule has 1 saturated carbocycles. The first-order chi connectivity index (χ1) is 29.8. The lowest BCUT2D eigenvalue weighted by molar-refractivity contribution is -0.140. The van der Waals surface area contributed by atoms with Gasteiger partial charge in [-0.15, -0.1) is 0 Å². The van der Waals surface area contributed by atoms with E-state index < -0.39 is 66.3 Å². The maximum atomic E-state index is 14.0. The van der Waals surface area contributed by atoms with Gasteiger partial charge >= 0.3 is 11.9 Å². The molecule has 2 fully saturated rings. The van der Waals surface area contributed by atoms with Crippen LogP contribution in [0.15, 0.2) is 60.7 Å². The highest BCUT2D eigenvalue weighted by molar-refractivity contribution is 5.85. The third-order valence-electron chi connectivity index (χ3n) is 11.6. The van der Waals surface area contributed by atoms with E-state index in [1.54, 1.807) is 0 Å². The molecule has 1 aliphatic heterocycles. The van der Waals surface area contributed by atoms with Crippen molar-refractivity contribution in [2.45, 2.75) is 133 Å². The van der Waals surface area contributed by atoms with Crippen LogP contribution in [0.4, 0.5) is 0 Å². The minimum atomic E-state index is -1.18. The normalized spacial score (nSPS) is 20.6. The second-order valence-corrected chi connectivity index (χ2v) is 16.7. The standard InChI is InChI=1S/C45H66N8O9/c46-20-9-14-31(49-39(54)26-34(23-30-12-5-2-6-13-30)52-45(62)36-28-48-21-19-37(36)47)24-41(56)53-38-16-8-7-15-35(38)44(61)51-33(22-29-10-3-1-4-11-29)25-40(55)50-32(27-43(59)60)17-18-42(57)58/h1-6,10-13,31-38,48H,7-9,14-28,46-47H2,(H,49,54)(H,50,55)(H,51,61)(H,52,62)(H,53,56)(H,57,58)(H,59,60)/t31-,32-,33-,34-,35+,36+,37+,38+/m0/s1. The number of carbonyl (C=O) groups is 7. The van der Waals surface area contributed by atoms with Gasteiger partial charge in [-0.25, -0.2) is 0 Å². The molecule has 5 amide bonds. The van der Waals surface area contributed by atoms with Crippen molar-refractivity contribution in [3.05, 3.63) is 71.8 Å². The van der Waals surface area contributed by atoms with Crippen LogP contribution in [0.1, 0.15) is 94.6 Å². The lowest BCUT2D eigenvalue weighted by Crippen LogP contribution is -2.54. The van der Waals surface area contributed by atoms with E-state index >= 15 is 0 Å². The van der Waals surface area contributed by atoms with Crippen molar-refractivity contribution in [1.29, 1.82) is 0 Å². The van der Waals surface area contributed by atoms with Gasteiger partial charge in [0, 0.05) is 68.5 Å². The van der Waals surface area contributed by atoms with Crippen molar-refractivity contribution in [2.75, 3.05) is 19.6 Å². The summed E-state index contributed by atoms with van der Waals surface area (Å²) < 4.78 is 0. The highest BCUT2D eigenvalue weighted by Crippen LogP contribution is 2.26. The van der Waals surface area contributed by atoms with Crippen LogP contribution >= 0.6 is 0 Å². The number of carbonyl (C=O) groups excluding carboxylic acids is 5. The van der Waals surface area contributed by atoms with Crippen molar-refractivity contribution < 1.29 is 43.8 Å². The van der Waals surface area contributed by atoms with Crippen molar-refractivity contribution in [1.82, 2.24) is 31.9 Å². The van der Waals surface area contributed by atoms with Gasteiger partial charge in [0.15, 0.2) is 0 Å². The highest BCUT2D eigenvalue weighted by Gasteiger charge is 2.35. The third kappa shape index (κ3) is 17.9. The molecule has 0 bridgehead atoms. The summed E-state index contributed by atoms with van der Waals surface area (Å²) in [6, 6.07) is 15.4. The number of nitrogens with one attached hydrogen (secondary N) is 6. The Hall–Kier alpha value is -5.39. The van der Waals surface area contributed by atoms with E-state index in [9.17, 15) is 38.7 Å². The van der Waals surface area contributed by atoms with Crippen molar-refractivity contribution in [3.63, 3.8) is 0 Å². The van der Waals surface area contributed by atoms with Crippen LogP contribution < -0.4 is 43.4 Å². The molecule has 17 nitrogen and oxygen atoms in total. The van der Waals surface area contributed by atoms with Crippen LogP contribution in [0.3, 0.4) is 0 Å². The van der Waals surface area contributed by atoms with E-state index in [0.29, 0.717) is 58.0 Å². The number of hydrogen-bond donors (Lipinski definition) is 10. The zero-order valence-corrected chi connectivity index (χ0v) is 35.5. The number of piperidine rings is 1. The smallest absolute Gasteiger partial charge is 0.305 e. The molecule has 2 aliphatic rings. The molecule has 0 aromatic heterocycles. The van der Waals surface area contributed by atoms with E-state index in [-0.39, 0.29) is 61.8 Å². The molecule has 4 rings (SSSR count). The maximum Gasteiger partial charge on any atom is 0.305 e. The summed E-state index contributed by atoms with van der Waals surface area (Å²) in [5.41, 5.74) is 13.9. The van der Waals surface area contributed by atoms with Crippen LogP contribution in [0.2, 0.25) is 0 Å². The Balaban J connectivity index is 1.40. The summed E-state index contributed by atoms with van der Waals surface area (Å²) in [5, 5.41) is 36.5.